The van der Waals surface area contributed by atoms with Crippen molar-refractivity contribution in [2.24, 2.45) is 7.05 Å². The average molecular weight is 350 g/mol. The SMILES string of the molecule is CCCNC(CCc1nccn1C)c1ccc(Br)cc1C. The zero-order valence-electron chi connectivity index (χ0n) is 13.1. The molecule has 4 heteroatoms. The van der Waals surface area contributed by atoms with Crippen LogP contribution in [0.5, 0.6) is 0 Å². The van der Waals surface area contributed by atoms with E-state index in [-0.39, 0.29) is 0 Å². The molecule has 2 rings (SSSR count). The summed E-state index contributed by atoms with van der Waals surface area (Å²) in [7, 11) is 2.06. The molecule has 21 heavy (non-hydrogen) atoms. The van der Waals surface area contributed by atoms with Gasteiger partial charge in [-0.3, -0.25) is 0 Å². The molecule has 1 aromatic carbocycles. The second-order valence-electron chi connectivity index (χ2n) is 5.50. The molecule has 0 saturated carbocycles. The van der Waals surface area contributed by atoms with Crippen molar-refractivity contribution < 1.29 is 0 Å². The van der Waals surface area contributed by atoms with E-state index >= 15 is 0 Å². The third-order valence-electron chi connectivity index (χ3n) is 3.83. The fraction of sp³-hybridized carbons (Fsp3) is 0.471. The summed E-state index contributed by atoms with van der Waals surface area (Å²) in [4.78, 5) is 4.43. The largest absolute Gasteiger partial charge is 0.338 e. The zero-order chi connectivity index (χ0) is 15.2. The van der Waals surface area contributed by atoms with Gasteiger partial charge in [0, 0.05) is 36.4 Å². The predicted molar refractivity (Wildman–Crippen MR) is 91.4 cm³/mol. The summed E-state index contributed by atoms with van der Waals surface area (Å²) in [6.07, 6.45) is 7.07. The van der Waals surface area contributed by atoms with E-state index in [1.54, 1.807) is 0 Å². The number of hydrogen-bond acceptors (Lipinski definition) is 2. The van der Waals surface area contributed by atoms with Gasteiger partial charge in [0.25, 0.3) is 0 Å². The summed E-state index contributed by atoms with van der Waals surface area (Å²) in [5.74, 6) is 1.15. The van der Waals surface area contributed by atoms with Crippen LogP contribution in [0.2, 0.25) is 0 Å². The number of rotatable bonds is 7. The van der Waals surface area contributed by atoms with E-state index in [2.05, 4.69) is 69.9 Å². The molecule has 1 heterocycles. The lowest BCUT2D eigenvalue weighted by Gasteiger charge is -2.21. The number of aromatic nitrogens is 2. The second kappa shape index (κ2) is 7.76. The maximum atomic E-state index is 4.43. The van der Waals surface area contributed by atoms with E-state index < -0.39 is 0 Å². The first kappa shape index (κ1) is 16.2. The summed E-state index contributed by atoms with van der Waals surface area (Å²) >= 11 is 3.54. The Morgan fingerprint density at radius 1 is 1.38 bits per heavy atom. The molecule has 114 valence electrons. The van der Waals surface area contributed by atoms with Crippen LogP contribution < -0.4 is 5.32 Å². The molecular formula is C17H24BrN3. The second-order valence-corrected chi connectivity index (χ2v) is 6.42. The number of aryl methyl sites for hydroxylation is 3. The summed E-state index contributed by atoms with van der Waals surface area (Å²) in [6.45, 7) is 5.43. The van der Waals surface area contributed by atoms with E-state index in [0.717, 1.165) is 36.1 Å². The Morgan fingerprint density at radius 2 is 2.19 bits per heavy atom. The highest BCUT2D eigenvalue weighted by Gasteiger charge is 2.14. The van der Waals surface area contributed by atoms with Crippen LogP contribution in [-0.2, 0) is 13.5 Å². The molecule has 1 atom stereocenters. The van der Waals surface area contributed by atoms with Gasteiger partial charge in [-0.25, -0.2) is 4.98 Å². The maximum absolute atomic E-state index is 4.43. The Kier molecular flexibility index (Phi) is 6.00. The number of nitrogens with zero attached hydrogens (tertiary/aromatic N) is 2. The van der Waals surface area contributed by atoms with Crippen LogP contribution in [0, 0.1) is 6.92 Å². The number of imidazole rings is 1. The van der Waals surface area contributed by atoms with Gasteiger partial charge in [-0.1, -0.05) is 28.9 Å². The van der Waals surface area contributed by atoms with Crippen molar-refractivity contribution in [2.75, 3.05) is 6.54 Å². The topological polar surface area (TPSA) is 29.9 Å². The lowest BCUT2D eigenvalue weighted by molar-refractivity contribution is 0.489. The van der Waals surface area contributed by atoms with Gasteiger partial charge in [0.2, 0.25) is 0 Å². The summed E-state index contributed by atoms with van der Waals surface area (Å²) in [5.41, 5.74) is 2.72. The van der Waals surface area contributed by atoms with Gasteiger partial charge in [-0.15, -0.1) is 0 Å². The Bertz CT molecular complexity index is 577. The third-order valence-corrected chi connectivity index (χ3v) is 4.32. The molecular weight excluding hydrogens is 326 g/mol. The van der Waals surface area contributed by atoms with Crippen molar-refractivity contribution in [3.05, 3.63) is 52.0 Å². The fourth-order valence-corrected chi connectivity index (χ4v) is 3.10. The molecule has 1 aromatic heterocycles. The highest BCUT2D eigenvalue weighted by Crippen LogP contribution is 2.25. The van der Waals surface area contributed by atoms with Gasteiger partial charge < -0.3 is 9.88 Å². The Morgan fingerprint density at radius 3 is 2.81 bits per heavy atom. The van der Waals surface area contributed by atoms with E-state index in [1.807, 2.05) is 12.4 Å². The van der Waals surface area contributed by atoms with Crippen LogP contribution in [0.15, 0.2) is 35.1 Å². The molecule has 0 radical (unpaired) electrons. The van der Waals surface area contributed by atoms with Gasteiger partial charge in [-0.2, -0.15) is 0 Å². The molecule has 0 bridgehead atoms. The summed E-state index contributed by atoms with van der Waals surface area (Å²) in [5, 5.41) is 3.68. The fourth-order valence-electron chi connectivity index (χ4n) is 2.63. The molecule has 2 aromatic rings. The summed E-state index contributed by atoms with van der Waals surface area (Å²) < 4.78 is 3.24. The van der Waals surface area contributed by atoms with Gasteiger partial charge >= 0.3 is 0 Å². The molecule has 0 aliphatic heterocycles. The molecule has 0 spiro atoms. The van der Waals surface area contributed by atoms with Gasteiger partial charge in [0.05, 0.1) is 0 Å². The molecule has 0 aliphatic rings. The molecule has 3 nitrogen and oxygen atoms in total. The van der Waals surface area contributed by atoms with Crippen LogP contribution in [-0.4, -0.2) is 16.1 Å². The van der Waals surface area contributed by atoms with Crippen LogP contribution >= 0.6 is 15.9 Å². The van der Waals surface area contributed by atoms with E-state index in [1.165, 1.54) is 11.1 Å². The van der Waals surface area contributed by atoms with E-state index in [0.29, 0.717) is 6.04 Å². The first-order chi connectivity index (χ1) is 10.1. The number of hydrogen-bond donors (Lipinski definition) is 1. The van der Waals surface area contributed by atoms with Crippen LogP contribution in [0.25, 0.3) is 0 Å². The lowest BCUT2D eigenvalue weighted by Crippen LogP contribution is -2.23. The summed E-state index contributed by atoms with van der Waals surface area (Å²) in [6, 6.07) is 6.93. The molecule has 0 saturated heterocycles. The van der Waals surface area contributed by atoms with Crippen molar-refractivity contribution in [1.29, 1.82) is 0 Å². The van der Waals surface area contributed by atoms with Crippen LogP contribution in [0.4, 0.5) is 0 Å². The van der Waals surface area contributed by atoms with Gasteiger partial charge in [0.1, 0.15) is 5.82 Å². The first-order valence-corrected chi connectivity index (χ1v) is 8.36. The standard InChI is InChI=1S/C17H24BrN3/c1-4-9-19-16(7-8-17-20-10-11-21(17)3)15-6-5-14(18)12-13(15)2/h5-6,10-12,16,19H,4,7-9H2,1-3H3. The van der Waals surface area contributed by atoms with E-state index in [4.69, 9.17) is 0 Å². The minimum atomic E-state index is 0.384. The number of benzene rings is 1. The molecule has 1 unspecified atom stereocenters. The minimum Gasteiger partial charge on any atom is -0.338 e. The minimum absolute atomic E-state index is 0.384. The van der Waals surface area contributed by atoms with Crippen LogP contribution in [0.1, 0.15) is 42.8 Å². The highest BCUT2D eigenvalue weighted by atomic mass is 79.9. The van der Waals surface area contributed by atoms with Crippen LogP contribution in [0.3, 0.4) is 0 Å². The Hall–Kier alpha value is -1.13. The van der Waals surface area contributed by atoms with Crippen molar-refractivity contribution in [2.45, 2.75) is 39.2 Å². The number of halogens is 1. The quantitative estimate of drug-likeness (QED) is 0.812. The van der Waals surface area contributed by atoms with Crippen molar-refractivity contribution in [1.82, 2.24) is 14.9 Å². The van der Waals surface area contributed by atoms with Gasteiger partial charge in [-0.05, 0) is 49.6 Å². The number of nitrogens with one attached hydrogen (secondary N) is 1. The Labute approximate surface area is 135 Å². The predicted octanol–water partition coefficient (Wildman–Crippen LogP) is 4.16. The zero-order valence-corrected chi connectivity index (χ0v) is 14.7. The first-order valence-electron chi connectivity index (χ1n) is 7.57. The normalized spacial score (nSPS) is 12.6. The molecule has 1 N–H and O–H groups in total. The molecule has 0 aliphatic carbocycles. The Balaban J connectivity index is 2.12. The molecule has 0 amide bonds. The maximum Gasteiger partial charge on any atom is 0.108 e. The smallest absolute Gasteiger partial charge is 0.108 e. The van der Waals surface area contributed by atoms with Gasteiger partial charge in [0.15, 0.2) is 0 Å². The van der Waals surface area contributed by atoms with Crippen molar-refractivity contribution >= 4 is 15.9 Å². The third kappa shape index (κ3) is 4.42. The van der Waals surface area contributed by atoms with E-state index in [9.17, 15) is 0 Å². The monoisotopic (exact) mass is 349 g/mol. The van der Waals surface area contributed by atoms with Crippen molar-refractivity contribution in [3.63, 3.8) is 0 Å². The molecule has 0 fully saturated rings. The van der Waals surface area contributed by atoms with Crippen molar-refractivity contribution in [3.8, 4) is 0 Å². The lowest BCUT2D eigenvalue weighted by atomic mass is 9.97. The highest BCUT2D eigenvalue weighted by molar-refractivity contribution is 9.10. The average Bonchev–Trinajstić information content (AvgIpc) is 2.85.